The Hall–Kier alpha value is -1.52. The van der Waals surface area contributed by atoms with Crippen LogP contribution in [0, 0.1) is 6.92 Å². The van der Waals surface area contributed by atoms with E-state index in [0.29, 0.717) is 25.1 Å². The average molecular weight is 197 g/mol. The number of hydrogen-bond acceptors (Lipinski definition) is 4. The van der Waals surface area contributed by atoms with Gasteiger partial charge >= 0.3 is 5.97 Å². The average Bonchev–Trinajstić information content (AvgIpc) is 2.46. The Morgan fingerprint density at radius 2 is 2.43 bits per heavy atom. The molecule has 0 spiro atoms. The Morgan fingerprint density at radius 1 is 1.71 bits per heavy atom. The van der Waals surface area contributed by atoms with E-state index in [1.54, 1.807) is 10.9 Å². The molecular weight excluding hydrogens is 182 g/mol. The summed E-state index contributed by atoms with van der Waals surface area (Å²) < 4.78 is 6.27. The number of carbonyl (C=O) groups is 1. The Labute approximate surface area is 82.8 Å². The maximum atomic E-state index is 10.8. The molecule has 1 aromatic heterocycles. The Kier molecular flexibility index (Phi) is 3.50. The summed E-state index contributed by atoms with van der Waals surface area (Å²) in [5.41, 5.74) is 7.13. The van der Waals surface area contributed by atoms with E-state index in [9.17, 15) is 4.79 Å². The fraction of sp³-hybridized carbons (Fsp3) is 0.556. The summed E-state index contributed by atoms with van der Waals surface area (Å²) in [5, 5.41) is 4.17. The molecule has 5 heteroatoms. The maximum Gasteiger partial charge on any atom is 0.305 e. The largest absolute Gasteiger partial charge is 0.469 e. The second kappa shape index (κ2) is 4.64. The molecule has 0 amide bonds. The molecule has 0 aliphatic rings. The van der Waals surface area contributed by atoms with Crippen LogP contribution in [0.4, 0.5) is 5.69 Å². The van der Waals surface area contributed by atoms with Gasteiger partial charge in [-0.15, -0.1) is 0 Å². The number of nitrogens with two attached hydrogens (primary N) is 1. The summed E-state index contributed by atoms with van der Waals surface area (Å²) in [6, 6.07) is 0. The number of anilines is 1. The fourth-order valence-electron chi connectivity index (χ4n) is 1.14. The van der Waals surface area contributed by atoms with Crippen LogP contribution in [0.25, 0.3) is 0 Å². The molecule has 0 unspecified atom stereocenters. The Balaban J connectivity index is 2.35. The number of aromatic nitrogens is 2. The lowest BCUT2D eigenvalue weighted by Crippen LogP contribution is -2.04. The highest BCUT2D eigenvalue weighted by molar-refractivity contribution is 5.68. The Bertz CT molecular complexity index is 300. The number of ether oxygens (including phenoxy) is 1. The molecule has 0 saturated carbocycles. The van der Waals surface area contributed by atoms with Crippen molar-refractivity contribution < 1.29 is 9.53 Å². The molecule has 0 saturated heterocycles. The van der Waals surface area contributed by atoms with Crippen LogP contribution in [-0.2, 0) is 16.1 Å². The van der Waals surface area contributed by atoms with Crippen molar-refractivity contribution in [2.24, 2.45) is 0 Å². The van der Waals surface area contributed by atoms with Crippen molar-refractivity contribution in [1.82, 2.24) is 9.78 Å². The standard InChI is InChI=1S/C9H15N3O2/c1-7-8(10)6-12(11-7)5-3-4-9(13)14-2/h6H,3-5,10H2,1-2H3. The summed E-state index contributed by atoms with van der Waals surface area (Å²) in [6.07, 6.45) is 2.90. The number of methoxy groups -OCH3 is 1. The molecule has 0 fully saturated rings. The van der Waals surface area contributed by atoms with Crippen molar-refractivity contribution in [2.75, 3.05) is 12.8 Å². The lowest BCUT2D eigenvalue weighted by atomic mass is 10.3. The molecule has 0 radical (unpaired) electrons. The van der Waals surface area contributed by atoms with E-state index in [-0.39, 0.29) is 5.97 Å². The molecule has 1 heterocycles. The lowest BCUT2D eigenvalue weighted by molar-refractivity contribution is -0.140. The van der Waals surface area contributed by atoms with Crippen LogP contribution in [0.2, 0.25) is 0 Å². The van der Waals surface area contributed by atoms with Crippen LogP contribution in [0.3, 0.4) is 0 Å². The number of aryl methyl sites for hydroxylation is 2. The Morgan fingerprint density at radius 3 is 2.93 bits per heavy atom. The quantitative estimate of drug-likeness (QED) is 0.722. The zero-order valence-corrected chi connectivity index (χ0v) is 8.49. The molecular formula is C9H15N3O2. The SMILES string of the molecule is COC(=O)CCCn1cc(N)c(C)n1. The van der Waals surface area contributed by atoms with E-state index in [1.807, 2.05) is 6.92 Å². The van der Waals surface area contributed by atoms with Gasteiger partial charge in [0.25, 0.3) is 0 Å². The van der Waals surface area contributed by atoms with Gasteiger partial charge in [-0.1, -0.05) is 0 Å². The van der Waals surface area contributed by atoms with Gasteiger partial charge in [-0.2, -0.15) is 5.10 Å². The number of hydrogen-bond donors (Lipinski definition) is 1. The van der Waals surface area contributed by atoms with Gasteiger partial charge in [-0.25, -0.2) is 0 Å². The highest BCUT2D eigenvalue weighted by Crippen LogP contribution is 2.07. The molecule has 1 rings (SSSR count). The van der Waals surface area contributed by atoms with Crippen LogP contribution in [0.1, 0.15) is 18.5 Å². The molecule has 0 bridgehead atoms. The minimum atomic E-state index is -0.193. The topological polar surface area (TPSA) is 70.1 Å². The van der Waals surface area contributed by atoms with Crippen molar-refractivity contribution >= 4 is 11.7 Å². The summed E-state index contributed by atoms with van der Waals surface area (Å²) in [4.78, 5) is 10.8. The fourth-order valence-corrected chi connectivity index (χ4v) is 1.14. The summed E-state index contributed by atoms with van der Waals surface area (Å²) in [6.45, 7) is 2.54. The first-order valence-electron chi connectivity index (χ1n) is 4.50. The van der Waals surface area contributed by atoms with Crippen LogP contribution in [-0.4, -0.2) is 22.9 Å². The normalized spacial score (nSPS) is 10.1. The summed E-state index contributed by atoms with van der Waals surface area (Å²) >= 11 is 0. The minimum absolute atomic E-state index is 0.193. The first kappa shape index (κ1) is 10.6. The molecule has 0 aliphatic carbocycles. The van der Waals surface area contributed by atoms with Gasteiger partial charge in [0.2, 0.25) is 0 Å². The van der Waals surface area contributed by atoms with E-state index in [4.69, 9.17) is 5.73 Å². The van der Waals surface area contributed by atoms with Gasteiger partial charge in [0.05, 0.1) is 18.5 Å². The minimum Gasteiger partial charge on any atom is -0.469 e. The van der Waals surface area contributed by atoms with Crippen molar-refractivity contribution in [3.05, 3.63) is 11.9 Å². The monoisotopic (exact) mass is 197 g/mol. The molecule has 78 valence electrons. The van der Waals surface area contributed by atoms with E-state index in [1.165, 1.54) is 7.11 Å². The third kappa shape index (κ3) is 2.76. The number of rotatable bonds is 4. The third-order valence-electron chi connectivity index (χ3n) is 1.98. The van der Waals surface area contributed by atoms with Crippen LogP contribution in [0.5, 0.6) is 0 Å². The van der Waals surface area contributed by atoms with Gasteiger partial charge in [0.1, 0.15) is 0 Å². The molecule has 14 heavy (non-hydrogen) atoms. The number of nitrogens with zero attached hydrogens (tertiary/aromatic N) is 2. The highest BCUT2D eigenvalue weighted by Gasteiger charge is 2.02. The maximum absolute atomic E-state index is 10.8. The zero-order chi connectivity index (χ0) is 10.6. The van der Waals surface area contributed by atoms with Crippen LogP contribution < -0.4 is 5.73 Å². The predicted molar refractivity (Wildman–Crippen MR) is 52.6 cm³/mol. The smallest absolute Gasteiger partial charge is 0.305 e. The van der Waals surface area contributed by atoms with E-state index >= 15 is 0 Å². The van der Waals surface area contributed by atoms with E-state index in [2.05, 4.69) is 9.84 Å². The zero-order valence-electron chi connectivity index (χ0n) is 8.49. The second-order valence-corrected chi connectivity index (χ2v) is 3.11. The third-order valence-corrected chi connectivity index (χ3v) is 1.98. The number of carbonyl (C=O) groups excluding carboxylic acids is 1. The highest BCUT2D eigenvalue weighted by atomic mass is 16.5. The summed E-state index contributed by atoms with van der Waals surface area (Å²) in [5.74, 6) is -0.193. The van der Waals surface area contributed by atoms with Crippen molar-refractivity contribution in [2.45, 2.75) is 26.3 Å². The second-order valence-electron chi connectivity index (χ2n) is 3.11. The van der Waals surface area contributed by atoms with Gasteiger partial charge in [-0.05, 0) is 13.3 Å². The van der Waals surface area contributed by atoms with Gasteiger partial charge in [0, 0.05) is 19.2 Å². The number of nitrogen functional groups attached to an aromatic ring is 1. The molecule has 2 N–H and O–H groups in total. The van der Waals surface area contributed by atoms with Crippen LogP contribution >= 0.6 is 0 Å². The summed E-state index contributed by atoms with van der Waals surface area (Å²) in [7, 11) is 1.39. The molecule has 0 atom stereocenters. The molecule has 5 nitrogen and oxygen atoms in total. The van der Waals surface area contributed by atoms with Crippen molar-refractivity contribution in [3.8, 4) is 0 Å². The van der Waals surface area contributed by atoms with Gasteiger partial charge < -0.3 is 10.5 Å². The number of esters is 1. The molecule has 1 aromatic rings. The van der Waals surface area contributed by atoms with Gasteiger partial charge in [-0.3, -0.25) is 9.48 Å². The predicted octanol–water partition coefficient (Wildman–Crippen LogP) is 0.727. The lowest BCUT2D eigenvalue weighted by Gasteiger charge is -2.00. The molecule has 0 aromatic carbocycles. The van der Waals surface area contributed by atoms with Crippen molar-refractivity contribution in [1.29, 1.82) is 0 Å². The van der Waals surface area contributed by atoms with E-state index < -0.39 is 0 Å². The van der Waals surface area contributed by atoms with E-state index in [0.717, 1.165) is 5.69 Å². The van der Waals surface area contributed by atoms with Crippen LogP contribution in [0.15, 0.2) is 6.20 Å². The van der Waals surface area contributed by atoms with Gasteiger partial charge in [0.15, 0.2) is 0 Å². The first-order valence-corrected chi connectivity index (χ1v) is 4.50. The molecule has 0 aliphatic heterocycles. The van der Waals surface area contributed by atoms with Crippen molar-refractivity contribution in [3.63, 3.8) is 0 Å². The first-order chi connectivity index (χ1) is 6.63.